The van der Waals surface area contributed by atoms with E-state index in [1.54, 1.807) is 20.3 Å². The van der Waals surface area contributed by atoms with Crippen molar-refractivity contribution in [3.63, 3.8) is 0 Å². The molecule has 0 bridgehead atoms. The van der Waals surface area contributed by atoms with Crippen LogP contribution < -0.4 is 9.47 Å². The van der Waals surface area contributed by atoms with E-state index in [2.05, 4.69) is 37.9 Å². The number of ether oxygens (including phenoxy) is 2. The summed E-state index contributed by atoms with van der Waals surface area (Å²) in [5.74, 6) is 2.02. The van der Waals surface area contributed by atoms with Gasteiger partial charge in [0, 0.05) is 17.7 Å². The van der Waals surface area contributed by atoms with Crippen LogP contribution in [0.2, 0.25) is 0 Å². The lowest BCUT2D eigenvalue weighted by Gasteiger charge is -2.15. The Labute approximate surface area is 153 Å². The maximum atomic E-state index is 5.33. The highest BCUT2D eigenvalue weighted by Crippen LogP contribution is 2.35. The monoisotopic (exact) mass is 352 g/mol. The number of nitrogens with zero attached hydrogens (tertiary/aromatic N) is 4. The molecular formula is C20H24N4O2. The third kappa shape index (κ3) is 3.40. The van der Waals surface area contributed by atoms with Gasteiger partial charge in [-0.05, 0) is 36.8 Å². The molecule has 0 N–H and O–H groups in total. The Morgan fingerprint density at radius 1 is 0.962 bits per heavy atom. The van der Waals surface area contributed by atoms with E-state index in [9.17, 15) is 0 Å². The molecule has 26 heavy (non-hydrogen) atoms. The molecule has 2 aromatic heterocycles. The van der Waals surface area contributed by atoms with Crippen LogP contribution in [0.5, 0.6) is 11.5 Å². The van der Waals surface area contributed by atoms with E-state index in [1.165, 1.54) is 0 Å². The molecule has 0 aliphatic rings. The number of imidazole rings is 1. The van der Waals surface area contributed by atoms with E-state index in [-0.39, 0.29) is 5.41 Å². The Morgan fingerprint density at radius 2 is 1.69 bits per heavy atom. The molecule has 0 fully saturated rings. The summed E-state index contributed by atoms with van der Waals surface area (Å²) in [6.45, 7) is 8.42. The first-order chi connectivity index (χ1) is 12.3. The minimum Gasteiger partial charge on any atom is -0.493 e. The van der Waals surface area contributed by atoms with Crippen LogP contribution in [-0.4, -0.2) is 23.6 Å². The van der Waals surface area contributed by atoms with Gasteiger partial charge in [0.2, 0.25) is 0 Å². The third-order valence-electron chi connectivity index (χ3n) is 4.09. The minimum atomic E-state index is -0.147. The van der Waals surface area contributed by atoms with E-state index in [1.807, 2.05) is 34.9 Å². The average Bonchev–Trinajstić information content (AvgIpc) is 2.97. The number of azo groups is 1. The van der Waals surface area contributed by atoms with Crippen molar-refractivity contribution in [3.8, 4) is 11.5 Å². The van der Waals surface area contributed by atoms with Gasteiger partial charge in [0.1, 0.15) is 5.65 Å². The Hall–Kier alpha value is -2.89. The van der Waals surface area contributed by atoms with Crippen LogP contribution in [0.4, 0.5) is 11.5 Å². The fraction of sp³-hybridized carbons (Fsp3) is 0.350. The lowest BCUT2D eigenvalue weighted by atomic mass is 9.92. The smallest absolute Gasteiger partial charge is 0.183 e. The van der Waals surface area contributed by atoms with Crippen molar-refractivity contribution in [3.05, 3.63) is 47.8 Å². The Morgan fingerprint density at radius 3 is 2.35 bits per heavy atom. The Balaban J connectivity index is 2.09. The molecule has 0 saturated heterocycles. The van der Waals surface area contributed by atoms with Crippen molar-refractivity contribution >= 4 is 17.2 Å². The van der Waals surface area contributed by atoms with Crippen molar-refractivity contribution in [1.82, 2.24) is 9.38 Å². The highest BCUT2D eigenvalue weighted by Gasteiger charge is 2.24. The fourth-order valence-electron chi connectivity index (χ4n) is 2.72. The summed E-state index contributed by atoms with van der Waals surface area (Å²) < 4.78 is 12.6. The molecule has 6 nitrogen and oxygen atoms in total. The summed E-state index contributed by atoms with van der Waals surface area (Å²) in [4.78, 5) is 4.78. The van der Waals surface area contributed by atoms with Gasteiger partial charge in [0.15, 0.2) is 17.3 Å². The van der Waals surface area contributed by atoms with Crippen LogP contribution in [0.25, 0.3) is 5.65 Å². The molecule has 0 radical (unpaired) electrons. The van der Waals surface area contributed by atoms with Gasteiger partial charge in [-0.25, -0.2) is 4.98 Å². The third-order valence-corrected chi connectivity index (χ3v) is 4.09. The standard InChI is InChI=1S/C20H24N4O2/c1-13-9-10-24-17(11-13)21-18(20(2,3)4)19(24)23-22-14-7-8-15(25-5)16(12-14)26-6/h7-12H,1-6H3. The van der Waals surface area contributed by atoms with Gasteiger partial charge in [-0.1, -0.05) is 20.8 Å². The second kappa shape index (κ2) is 6.78. The van der Waals surface area contributed by atoms with Crippen molar-refractivity contribution in [2.75, 3.05) is 14.2 Å². The molecule has 1 aromatic carbocycles. The predicted molar refractivity (Wildman–Crippen MR) is 102 cm³/mol. The Bertz CT molecular complexity index is 968. The second-order valence-corrected chi connectivity index (χ2v) is 7.21. The summed E-state index contributed by atoms with van der Waals surface area (Å²) in [6, 6.07) is 9.54. The highest BCUT2D eigenvalue weighted by molar-refractivity contribution is 5.56. The first kappa shape index (κ1) is 17.9. The minimum absolute atomic E-state index is 0.147. The maximum absolute atomic E-state index is 5.33. The number of rotatable bonds is 4. The summed E-state index contributed by atoms with van der Waals surface area (Å²) in [6.07, 6.45) is 1.98. The zero-order valence-corrected chi connectivity index (χ0v) is 16.1. The quantitative estimate of drug-likeness (QED) is 0.593. The van der Waals surface area contributed by atoms with E-state index in [0.717, 1.165) is 22.7 Å². The molecule has 0 spiro atoms. The van der Waals surface area contributed by atoms with E-state index >= 15 is 0 Å². The molecule has 0 atom stereocenters. The SMILES string of the molecule is COc1ccc(N=Nc2c(C(C)(C)C)nc3cc(C)ccn23)cc1OC. The molecule has 0 unspecified atom stereocenters. The van der Waals surface area contributed by atoms with Crippen molar-refractivity contribution in [2.24, 2.45) is 10.2 Å². The molecule has 0 aliphatic carbocycles. The van der Waals surface area contributed by atoms with E-state index < -0.39 is 0 Å². The Kier molecular flexibility index (Phi) is 4.68. The molecular weight excluding hydrogens is 328 g/mol. The van der Waals surface area contributed by atoms with E-state index in [4.69, 9.17) is 14.5 Å². The number of aromatic nitrogens is 2. The van der Waals surface area contributed by atoms with Crippen LogP contribution in [0, 0.1) is 6.92 Å². The first-order valence-electron chi connectivity index (χ1n) is 8.46. The van der Waals surface area contributed by atoms with Crippen molar-refractivity contribution in [1.29, 1.82) is 0 Å². The molecule has 3 aromatic rings. The van der Waals surface area contributed by atoms with Crippen molar-refractivity contribution < 1.29 is 9.47 Å². The number of hydrogen-bond donors (Lipinski definition) is 0. The van der Waals surface area contributed by atoms with Gasteiger partial charge in [-0.3, -0.25) is 4.40 Å². The van der Waals surface area contributed by atoms with Crippen LogP contribution in [0.3, 0.4) is 0 Å². The zero-order chi connectivity index (χ0) is 18.9. The number of pyridine rings is 1. The molecule has 0 saturated carbocycles. The average molecular weight is 352 g/mol. The van der Waals surface area contributed by atoms with Crippen LogP contribution >= 0.6 is 0 Å². The number of hydrogen-bond acceptors (Lipinski definition) is 5. The van der Waals surface area contributed by atoms with Gasteiger partial charge in [-0.2, -0.15) is 0 Å². The lowest BCUT2D eigenvalue weighted by molar-refractivity contribution is 0.355. The molecule has 0 amide bonds. The normalized spacial score (nSPS) is 12.1. The highest BCUT2D eigenvalue weighted by atomic mass is 16.5. The van der Waals surface area contributed by atoms with Gasteiger partial charge >= 0.3 is 0 Å². The maximum Gasteiger partial charge on any atom is 0.183 e. The zero-order valence-electron chi connectivity index (χ0n) is 16.1. The van der Waals surface area contributed by atoms with Gasteiger partial charge < -0.3 is 9.47 Å². The number of aryl methyl sites for hydroxylation is 1. The van der Waals surface area contributed by atoms with Gasteiger partial charge in [0.05, 0.1) is 25.6 Å². The summed E-state index contributed by atoms with van der Waals surface area (Å²) in [7, 11) is 3.21. The summed E-state index contributed by atoms with van der Waals surface area (Å²) in [5.41, 5.74) is 3.48. The topological polar surface area (TPSA) is 60.5 Å². The van der Waals surface area contributed by atoms with Crippen LogP contribution in [-0.2, 0) is 5.41 Å². The molecule has 6 heteroatoms. The number of benzene rings is 1. The summed E-state index contributed by atoms with van der Waals surface area (Å²) in [5, 5.41) is 8.93. The van der Waals surface area contributed by atoms with Gasteiger partial charge in [0.25, 0.3) is 0 Å². The molecule has 136 valence electrons. The fourth-order valence-corrected chi connectivity index (χ4v) is 2.72. The molecule has 0 aliphatic heterocycles. The van der Waals surface area contributed by atoms with Crippen LogP contribution in [0.15, 0.2) is 46.8 Å². The van der Waals surface area contributed by atoms with Crippen LogP contribution in [0.1, 0.15) is 32.0 Å². The second-order valence-electron chi connectivity index (χ2n) is 7.21. The van der Waals surface area contributed by atoms with Crippen molar-refractivity contribution in [2.45, 2.75) is 33.1 Å². The summed E-state index contributed by atoms with van der Waals surface area (Å²) >= 11 is 0. The molecule has 3 rings (SSSR count). The van der Waals surface area contributed by atoms with E-state index in [0.29, 0.717) is 17.2 Å². The molecule has 2 heterocycles. The predicted octanol–water partition coefficient (Wildman–Crippen LogP) is 5.37. The first-order valence-corrected chi connectivity index (χ1v) is 8.46. The lowest BCUT2D eigenvalue weighted by Crippen LogP contribution is -2.11. The number of methoxy groups -OCH3 is 2. The number of fused-ring (bicyclic) bond motifs is 1. The van der Waals surface area contributed by atoms with Gasteiger partial charge in [-0.15, -0.1) is 10.2 Å². The largest absolute Gasteiger partial charge is 0.493 e.